The predicted molar refractivity (Wildman–Crippen MR) is 52.8 cm³/mol. The Labute approximate surface area is 76.8 Å². The lowest BCUT2D eigenvalue weighted by molar-refractivity contribution is 0.730. The Bertz CT molecular complexity index is 230. The van der Waals surface area contributed by atoms with Crippen LogP contribution in [0.1, 0.15) is 31.7 Å². The summed E-state index contributed by atoms with van der Waals surface area (Å²) in [7, 11) is 0. The number of hydrogen-bond acceptors (Lipinski definition) is 0. The second-order valence-electron chi connectivity index (χ2n) is 2.83. The summed E-state index contributed by atoms with van der Waals surface area (Å²) in [4.78, 5) is 0. The van der Waals surface area contributed by atoms with Crippen LogP contribution in [0.2, 0.25) is 0 Å². The van der Waals surface area contributed by atoms with Crippen molar-refractivity contribution in [2.24, 2.45) is 0 Å². The van der Waals surface area contributed by atoms with Crippen molar-refractivity contribution in [3.63, 3.8) is 0 Å². The minimum absolute atomic E-state index is 0.658. The fourth-order valence-electron chi connectivity index (χ4n) is 1.09. The molecule has 0 aliphatic carbocycles. The zero-order valence-corrected chi connectivity index (χ0v) is 8.56. The molecule has 1 aromatic carbocycles. The van der Waals surface area contributed by atoms with E-state index in [2.05, 4.69) is 54.0 Å². The maximum atomic E-state index is 3.54. The molecule has 0 heterocycles. The second-order valence-corrected chi connectivity index (χ2v) is 3.69. The van der Waals surface area contributed by atoms with Crippen molar-refractivity contribution in [3.8, 4) is 0 Å². The Hall–Kier alpha value is -0.300. The van der Waals surface area contributed by atoms with Crippen molar-refractivity contribution in [2.75, 3.05) is 0 Å². The highest BCUT2D eigenvalue weighted by Gasteiger charge is 2.04. The van der Waals surface area contributed by atoms with Crippen LogP contribution in [0.25, 0.3) is 0 Å². The van der Waals surface area contributed by atoms with Crippen LogP contribution in [0, 0.1) is 0 Å². The lowest BCUT2D eigenvalue weighted by Crippen LogP contribution is -1.91. The van der Waals surface area contributed by atoms with E-state index in [9.17, 15) is 0 Å². The Balaban J connectivity index is 2.93. The molecule has 0 unspecified atom stereocenters. The van der Waals surface area contributed by atoms with Gasteiger partial charge in [0, 0.05) is 4.47 Å². The lowest BCUT2D eigenvalue weighted by atomic mass is 9.99. The topological polar surface area (TPSA) is 0 Å². The minimum atomic E-state index is 0.658. The Morgan fingerprint density at radius 1 is 1.36 bits per heavy atom. The average Bonchev–Trinajstić information content (AvgIpc) is 2.04. The van der Waals surface area contributed by atoms with Crippen LogP contribution < -0.4 is 0 Å². The maximum absolute atomic E-state index is 3.54. The first-order valence-corrected chi connectivity index (χ1v) is 4.79. The molecule has 60 valence electrons. The van der Waals surface area contributed by atoms with Crippen LogP contribution in [-0.2, 0) is 0 Å². The van der Waals surface area contributed by atoms with E-state index >= 15 is 0 Å². The molecule has 0 fully saturated rings. The first kappa shape index (κ1) is 8.79. The Morgan fingerprint density at radius 2 is 2.00 bits per heavy atom. The molecular weight excluding hydrogens is 200 g/mol. The second kappa shape index (κ2) is 3.91. The lowest BCUT2D eigenvalue weighted by Gasteiger charge is -2.10. The van der Waals surface area contributed by atoms with Gasteiger partial charge in [-0.25, -0.2) is 0 Å². The third kappa shape index (κ3) is 2.06. The van der Waals surface area contributed by atoms with Gasteiger partial charge < -0.3 is 0 Å². The van der Waals surface area contributed by atoms with E-state index in [0.29, 0.717) is 5.92 Å². The van der Waals surface area contributed by atoms with E-state index in [-0.39, 0.29) is 0 Å². The van der Waals surface area contributed by atoms with Crippen LogP contribution in [0.3, 0.4) is 0 Å². The largest absolute Gasteiger partial charge is 0.0648 e. The SMILES string of the molecule is CC[C@H](C)c1ccccc1Br. The van der Waals surface area contributed by atoms with Gasteiger partial charge in [0.05, 0.1) is 0 Å². The van der Waals surface area contributed by atoms with Gasteiger partial charge >= 0.3 is 0 Å². The fraction of sp³-hybridized carbons (Fsp3) is 0.400. The van der Waals surface area contributed by atoms with Gasteiger partial charge in [-0.1, -0.05) is 48.0 Å². The molecule has 0 aliphatic heterocycles. The smallest absolute Gasteiger partial charge is 0.0210 e. The molecule has 0 saturated heterocycles. The molecule has 0 saturated carbocycles. The van der Waals surface area contributed by atoms with Gasteiger partial charge in [-0.2, -0.15) is 0 Å². The molecule has 0 radical (unpaired) electrons. The van der Waals surface area contributed by atoms with Gasteiger partial charge in [-0.15, -0.1) is 0 Å². The number of benzene rings is 1. The quantitative estimate of drug-likeness (QED) is 0.697. The summed E-state index contributed by atoms with van der Waals surface area (Å²) < 4.78 is 1.23. The summed E-state index contributed by atoms with van der Waals surface area (Å²) in [5.74, 6) is 0.658. The van der Waals surface area contributed by atoms with E-state index < -0.39 is 0 Å². The Kier molecular flexibility index (Phi) is 3.13. The highest BCUT2D eigenvalue weighted by Crippen LogP contribution is 2.26. The van der Waals surface area contributed by atoms with Gasteiger partial charge in [0.1, 0.15) is 0 Å². The van der Waals surface area contributed by atoms with Crippen molar-refractivity contribution in [3.05, 3.63) is 34.3 Å². The summed E-state index contributed by atoms with van der Waals surface area (Å²) in [5, 5.41) is 0. The van der Waals surface area contributed by atoms with Crippen LogP contribution in [-0.4, -0.2) is 0 Å². The average molecular weight is 213 g/mol. The van der Waals surface area contributed by atoms with E-state index in [1.54, 1.807) is 0 Å². The number of halogens is 1. The predicted octanol–water partition coefficient (Wildman–Crippen LogP) is 3.96. The van der Waals surface area contributed by atoms with Crippen LogP contribution in [0.5, 0.6) is 0 Å². The molecule has 0 aliphatic rings. The molecule has 0 aromatic heterocycles. The van der Waals surface area contributed by atoms with Gasteiger partial charge in [0.2, 0.25) is 0 Å². The summed E-state index contributed by atoms with van der Waals surface area (Å²) in [6.45, 7) is 4.46. The summed E-state index contributed by atoms with van der Waals surface area (Å²) in [5.41, 5.74) is 1.41. The Morgan fingerprint density at radius 3 is 2.55 bits per heavy atom. The van der Waals surface area contributed by atoms with Crippen molar-refractivity contribution in [2.45, 2.75) is 26.2 Å². The molecule has 1 atom stereocenters. The molecule has 0 spiro atoms. The fourth-order valence-corrected chi connectivity index (χ4v) is 1.77. The monoisotopic (exact) mass is 212 g/mol. The van der Waals surface area contributed by atoms with Gasteiger partial charge in [-0.05, 0) is 24.0 Å². The van der Waals surface area contributed by atoms with Crippen LogP contribution in [0.15, 0.2) is 28.7 Å². The van der Waals surface area contributed by atoms with Crippen molar-refractivity contribution >= 4 is 15.9 Å². The van der Waals surface area contributed by atoms with Gasteiger partial charge in [0.25, 0.3) is 0 Å². The third-order valence-electron chi connectivity index (χ3n) is 2.05. The minimum Gasteiger partial charge on any atom is -0.0648 e. The molecular formula is C10H13Br. The van der Waals surface area contributed by atoms with Crippen LogP contribution >= 0.6 is 15.9 Å². The molecule has 1 aromatic rings. The standard InChI is InChI=1S/C10H13Br/c1-3-8(2)9-6-4-5-7-10(9)11/h4-8H,3H2,1-2H3/t8-/m0/s1. The summed E-state index contributed by atoms with van der Waals surface area (Å²) in [6, 6.07) is 8.42. The van der Waals surface area contributed by atoms with Crippen molar-refractivity contribution in [1.82, 2.24) is 0 Å². The molecule has 1 heteroatoms. The summed E-state index contributed by atoms with van der Waals surface area (Å²) >= 11 is 3.54. The van der Waals surface area contributed by atoms with E-state index in [1.807, 2.05) is 0 Å². The first-order valence-electron chi connectivity index (χ1n) is 4.00. The van der Waals surface area contributed by atoms with E-state index in [0.717, 1.165) is 0 Å². The maximum Gasteiger partial charge on any atom is 0.0210 e. The van der Waals surface area contributed by atoms with Gasteiger partial charge in [0.15, 0.2) is 0 Å². The number of rotatable bonds is 2. The molecule has 0 N–H and O–H groups in total. The summed E-state index contributed by atoms with van der Waals surface area (Å²) in [6.07, 6.45) is 1.20. The molecule has 11 heavy (non-hydrogen) atoms. The number of hydrogen-bond donors (Lipinski definition) is 0. The highest BCUT2D eigenvalue weighted by molar-refractivity contribution is 9.10. The third-order valence-corrected chi connectivity index (χ3v) is 2.77. The van der Waals surface area contributed by atoms with E-state index in [4.69, 9.17) is 0 Å². The molecule has 0 nitrogen and oxygen atoms in total. The van der Waals surface area contributed by atoms with Crippen molar-refractivity contribution in [1.29, 1.82) is 0 Å². The normalized spacial score (nSPS) is 13.0. The zero-order valence-electron chi connectivity index (χ0n) is 6.97. The molecule has 0 bridgehead atoms. The van der Waals surface area contributed by atoms with Crippen LogP contribution in [0.4, 0.5) is 0 Å². The van der Waals surface area contributed by atoms with Gasteiger partial charge in [-0.3, -0.25) is 0 Å². The zero-order chi connectivity index (χ0) is 8.27. The highest BCUT2D eigenvalue weighted by atomic mass is 79.9. The first-order chi connectivity index (χ1) is 5.25. The van der Waals surface area contributed by atoms with E-state index in [1.165, 1.54) is 16.5 Å². The molecule has 1 rings (SSSR count). The molecule has 0 amide bonds. The van der Waals surface area contributed by atoms with Crippen molar-refractivity contribution < 1.29 is 0 Å².